The van der Waals surface area contributed by atoms with E-state index in [-0.39, 0.29) is 12.6 Å². The Morgan fingerprint density at radius 1 is 1.83 bits per heavy atom. The van der Waals surface area contributed by atoms with Crippen molar-refractivity contribution >= 4 is 5.91 Å². The predicted molar refractivity (Wildman–Crippen MR) is 41.8 cm³/mol. The zero-order chi connectivity index (χ0) is 9.14. The number of hydrogen-bond donors (Lipinski definition) is 2. The number of aromatic nitrogens is 3. The molecule has 0 saturated heterocycles. The number of hydrogen-bond acceptors (Lipinski definition) is 4. The standard InChI is InChI=1S/C6H11N5O/c1-4(7)5-2-9-10-11(5)3-6(8)12/h2,4H,3,7H2,1H3,(H2,8,12). The highest BCUT2D eigenvalue weighted by Gasteiger charge is 2.09. The summed E-state index contributed by atoms with van der Waals surface area (Å²) in [6.07, 6.45) is 1.52. The third-order valence-electron chi connectivity index (χ3n) is 1.42. The highest BCUT2D eigenvalue weighted by molar-refractivity contribution is 5.73. The van der Waals surface area contributed by atoms with Gasteiger partial charge in [-0.1, -0.05) is 5.21 Å². The Balaban J connectivity index is 2.84. The molecule has 1 aromatic rings. The van der Waals surface area contributed by atoms with E-state index in [1.807, 2.05) is 0 Å². The maximum Gasteiger partial charge on any atom is 0.239 e. The van der Waals surface area contributed by atoms with Crippen molar-refractivity contribution in [2.45, 2.75) is 19.5 Å². The molecular formula is C6H11N5O. The average molecular weight is 169 g/mol. The Hall–Kier alpha value is -1.43. The van der Waals surface area contributed by atoms with Crippen molar-refractivity contribution in [3.8, 4) is 0 Å². The minimum atomic E-state index is -0.456. The van der Waals surface area contributed by atoms with Gasteiger partial charge in [0.1, 0.15) is 6.54 Å². The van der Waals surface area contributed by atoms with Crippen molar-refractivity contribution in [1.82, 2.24) is 15.0 Å². The van der Waals surface area contributed by atoms with Gasteiger partial charge in [0.25, 0.3) is 0 Å². The third kappa shape index (κ3) is 1.79. The predicted octanol–water partition coefficient (Wildman–Crippen LogP) is -1.22. The second-order valence-electron chi connectivity index (χ2n) is 2.57. The SMILES string of the molecule is CC(N)c1cnnn1CC(N)=O. The van der Waals surface area contributed by atoms with Crippen LogP contribution in [0.2, 0.25) is 0 Å². The Bertz CT molecular complexity index is 279. The highest BCUT2D eigenvalue weighted by Crippen LogP contribution is 2.05. The van der Waals surface area contributed by atoms with E-state index >= 15 is 0 Å². The summed E-state index contributed by atoms with van der Waals surface area (Å²) in [5.74, 6) is -0.456. The molecule has 0 radical (unpaired) electrons. The van der Waals surface area contributed by atoms with Crippen LogP contribution in [0.1, 0.15) is 18.7 Å². The molecule has 6 heteroatoms. The van der Waals surface area contributed by atoms with E-state index in [0.29, 0.717) is 5.69 Å². The van der Waals surface area contributed by atoms with Crippen LogP contribution in [0.4, 0.5) is 0 Å². The molecular weight excluding hydrogens is 158 g/mol. The number of primary amides is 1. The van der Waals surface area contributed by atoms with Crippen LogP contribution in [0.25, 0.3) is 0 Å². The monoisotopic (exact) mass is 169 g/mol. The van der Waals surface area contributed by atoms with Crippen LogP contribution < -0.4 is 11.5 Å². The van der Waals surface area contributed by atoms with Crippen LogP contribution in [-0.4, -0.2) is 20.9 Å². The maximum atomic E-state index is 10.5. The zero-order valence-corrected chi connectivity index (χ0v) is 6.77. The van der Waals surface area contributed by atoms with Gasteiger partial charge in [-0.05, 0) is 6.92 Å². The Kier molecular flexibility index (Phi) is 2.39. The van der Waals surface area contributed by atoms with Crippen molar-refractivity contribution in [3.05, 3.63) is 11.9 Å². The lowest BCUT2D eigenvalue weighted by atomic mass is 10.3. The molecule has 12 heavy (non-hydrogen) atoms. The van der Waals surface area contributed by atoms with Crippen LogP contribution in [0.5, 0.6) is 0 Å². The Morgan fingerprint density at radius 2 is 2.50 bits per heavy atom. The second kappa shape index (κ2) is 3.31. The number of nitrogens with zero attached hydrogens (tertiary/aromatic N) is 3. The van der Waals surface area contributed by atoms with Gasteiger partial charge in [-0.15, -0.1) is 5.10 Å². The largest absolute Gasteiger partial charge is 0.368 e. The molecule has 1 amide bonds. The average Bonchev–Trinajstić information content (AvgIpc) is 2.33. The smallest absolute Gasteiger partial charge is 0.239 e. The maximum absolute atomic E-state index is 10.5. The van der Waals surface area contributed by atoms with Gasteiger partial charge < -0.3 is 11.5 Å². The van der Waals surface area contributed by atoms with Gasteiger partial charge in [0.05, 0.1) is 11.9 Å². The third-order valence-corrected chi connectivity index (χ3v) is 1.42. The molecule has 0 aliphatic carbocycles. The van der Waals surface area contributed by atoms with Crippen LogP contribution >= 0.6 is 0 Å². The second-order valence-corrected chi connectivity index (χ2v) is 2.57. The van der Waals surface area contributed by atoms with E-state index in [9.17, 15) is 4.79 Å². The summed E-state index contributed by atoms with van der Waals surface area (Å²) in [6.45, 7) is 1.81. The van der Waals surface area contributed by atoms with Crippen LogP contribution in [-0.2, 0) is 11.3 Å². The first-order valence-corrected chi connectivity index (χ1v) is 3.53. The van der Waals surface area contributed by atoms with Crippen LogP contribution in [0.3, 0.4) is 0 Å². The number of rotatable bonds is 3. The number of carbonyl (C=O) groups excluding carboxylic acids is 1. The normalized spacial score (nSPS) is 12.8. The minimum absolute atomic E-state index is 0.0247. The molecule has 4 N–H and O–H groups in total. The molecule has 0 bridgehead atoms. The molecule has 0 aliphatic rings. The van der Waals surface area contributed by atoms with Crippen LogP contribution in [0.15, 0.2) is 6.20 Å². The van der Waals surface area contributed by atoms with E-state index in [0.717, 1.165) is 0 Å². The van der Waals surface area contributed by atoms with Crippen molar-refractivity contribution in [2.75, 3.05) is 0 Å². The molecule has 1 rings (SSSR count). The summed E-state index contributed by atoms with van der Waals surface area (Å²) in [6, 6.07) is -0.195. The first-order valence-electron chi connectivity index (χ1n) is 3.53. The lowest BCUT2D eigenvalue weighted by molar-refractivity contribution is -0.118. The quantitative estimate of drug-likeness (QED) is 0.592. The molecule has 66 valence electrons. The fourth-order valence-electron chi connectivity index (χ4n) is 0.889. The van der Waals surface area contributed by atoms with E-state index in [1.165, 1.54) is 10.9 Å². The van der Waals surface area contributed by atoms with Crippen LogP contribution in [0, 0.1) is 0 Å². The molecule has 0 aromatic carbocycles. The molecule has 1 atom stereocenters. The molecule has 0 spiro atoms. The zero-order valence-electron chi connectivity index (χ0n) is 6.77. The molecule has 0 fully saturated rings. The first kappa shape index (κ1) is 8.66. The summed E-state index contributed by atoms with van der Waals surface area (Å²) in [5, 5.41) is 7.29. The van der Waals surface area contributed by atoms with Gasteiger partial charge >= 0.3 is 0 Å². The molecule has 1 heterocycles. The van der Waals surface area contributed by atoms with Crippen molar-refractivity contribution in [3.63, 3.8) is 0 Å². The molecule has 1 aromatic heterocycles. The summed E-state index contributed by atoms with van der Waals surface area (Å²) >= 11 is 0. The van der Waals surface area contributed by atoms with Gasteiger partial charge in [-0.3, -0.25) is 4.79 Å². The van der Waals surface area contributed by atoms with E-state index < -0.39 is 5.91 Å². The van der Waals surface area contributed by atoms with Crippen molar-refractivity contribution in [2.24, 2.45) is 11.5 Å². The van der Waals surface area contributed by atoms with Gasteiger partial charge in [0.2, 0.25) is 5.91 Å². The number of nitrogens with two attached hydrogens (primary N) is 2. The summed E-state index contributed by atoms with van der Waals surface area (Å²) in [4.78, 5) is 10.5. The first-order chi connectivity index (χ1) is 5.61. The van der Waals surface area contributed by atoms with E-state index in [2.05, 4.69) is 10.3 Å². The Labute approximate surface area is 69.5 Å². The number of amides is 1. The highest BCUT2D eigenvalue weighted by atomic mass is 16.1. The van der Waals surface area contributed by atoms with Gasteiger partial charge in [-0.25, -0.2) is 4.68 Å². The Morgan fingerprint density at radius 3 is 3.00 bits per heavy atom. The molecule has 0 aliphatic heterocycles. The topological polar surface area (TPSA) is 99.8 Å². The lowest BCUT2D eigenvalue weighted by Gasteiger charge is -2.05. The van der Waals surface area contributed by atoms with Gasteiger partial charge in [0, 0.05) is 6.04 Å². The summed E-state index contributed by atoms with van der Waals surface area (Å²) in [7, 11) is 0. The van der Waals surface area contributed by atoms with Crippen molar-refractivity contribution in [1.29, 1.82) is 0 Å². The van der Waals surface area contributed by atoms with Gasteiger partial charge in [-0.2, -0.15) is 0 Å². The fourth-order valence-corrected chi connectivity index (χ4v) is 0.889. The summed E-state index contributed by atoms with van der Waals surface area (Å²) < 4.78 is 1.40. The van der Waals surface area contributed by atoms with E-state index in [1.54, 1.807) is 6.92 Å². The van der Waals surface area contributed by atoms with Gasteiger partial charge in [0.15, 0.2) is 0 Å². The number of carbonyl (C=O) groups is 1. The minimum Gasteiger partial charge on any atom is -0.368 e. The van der Waals surface area contributed by atoms with Crippen molar-refractivity contribution < 1.29 is 4.79 Å². The molecule has 1 unspecified atom stereocenters. The van der Waals surface area contributed by atoms with E-state index in [4.69, 9.17) is 11.5 Å². The molecule has 0 saturated carbocycles. The summed E-state index contributed by atoms with van der Waals surface area (Å²) in [5.41, 5.74) is 11.3. The molecule has 6 nitrogen and oxygen atoms in total. The lowest BCUT2D eigenvalue weighted by Crippen LogP contribution is -2.23. The fraction of sp³-hybridized carbons (Fsp3) is 0.500.